The molecular weight excluding hydrogens is 253 g/mol. The highest BCUT2D eigenvalue weighted by molar-refractivity contribution is 6.28. The van der Waals surface area contributed by atoms with Gasteiger partial charge in [-0.3, -0.25) is 0 Å². The van der Waals surface area contributed by atoms with Gasteiger partial charge in [0.25, 0.3) is 0 Å². The van der Waals surface area contributed by atoms with E-state index in [0.717, 1.165) is 0 Å². The van der Waals surface area contributed by atoms with E-state index in [9.17, 15) is 4.39 Å². The molecule has 2 rings (SSSR count). The lowest BCUT2D eigenvalue weighted by atomic mass is 10.1. The number of hydrogen-bond acceptors (Lipinski definition) is 3. The molecule has 0 aliphatic rings. The van der Waals surface area contributed by atoms with Crippen molar-refractivity contribution in [1.29, 1.82) is 0 Å². The zero-order chi connectivity index (χ0) is 13.1. The highest BCUT2D eigenvalue weighted by atomic mass is 35.5. The van der Waals surface area contributed by atoms with Crippen LogP contribution in [-0.4, -0.2) is 17.0 Å². The number of halogens is 2. The van der Waals surface area contributed by atoms with Crippen LogP contribution in [0.15, 0.2) is 36.5 Å². The third-order valence-corrected chi connectivity index (χ3v) is 3.09. The molecule has 0 radical (unpaired) electrons. The molecule has 5 heteroatoms. The van der Waals surface area contributed by atoms with Gasteiger partial charge in [-0.05, 0) is 30.7 Å². The summed E-state index contributed by atoms with van der Waals surface area (Å²) in [5.41, 5.74) is 0.620. The summed E-state index contributed by atoms with van der Waals surface area (Å²) in [6.07, 6.45) is 1.58. The van der Waals surface area contributed by atoms with Crippen molar-refractivity contribution in [2.45, 2.75) is 13.0 Å². The highest BCUT2D eigenvalue weighted by Crippen LogP contribution is 2.25. The third kappa shape index (κ3) is 2.59. The molecule has 0 fully saturated rings. The van der Waals surface area contributed by atoms with E-state index < -0.39 is 0 Å². The van der Waals surface area contributed by atoms with Gasteiger partial charge in [0.1, 0.15) is 11.6 Å². The van der Waals surface area contributed by atoms with E-state index in [1.165, 1.54) is 6.07 Å². The first-order chi connectivity index (χ1) is 8.59. The quantitative estimate of drug-likeness (QED) is 0.796. The fourth-order valence-electron chi connectivity index (χ4n) is 1.74. The number of anilines is 1. The van der Waals surface area contributed by atoms with Crippen molar-refractivity contribution in [3.05, 3.63) is 53.2 Å². The molecule has 0 aliphatic heterocycles. The zero-order valence-corrected chi connectivity index (χ0v) is 10.9. The van der Waals surface area contributed by atoms with Crippen molar-refractivity contribution in [3.63, 3.8) is 0 Å². The lowest BCUT2D eigenvalue weighted by Gasteiger charge is -2.26. The summed E-state index contributed by atoms with van der Waals surface area (Å²) in [4.78, 5) is 9.79. The molecule has 1 atom stereocenters. The first-order valence-corrected chi connectivity index (χ1v) is 5.93. The molecule has 0 N–H and O–H groups in total. The average molecular weight is 266 g/mol. The van der Waals surface area contributed by atoms with E-state index in [1.807, 2.05) is 24.9 Å². The maximum absolute atomic E-state index is 13.7. The fourth-order valence-corrected chi connectivity index (χ4v) is 1.89. The van der Waals surface area contributed by atoms with E-state index in [4.69, 9.17) is 11.6 Å². The Morgan fingerprint density at radius 3 is 2.67 bits per heavy atom. The van der Waals surface area contributed by atoms with Crippen LogP contribution in [0.5, 0.6) is 0 Å². The van der Waals surface area contributed by atoms with E-state index in [0.29, 0.717) is 11.4 Å². The maximum atomic E-state index is 13.7. The highest BCUT2D eigenvalue weighted by Gasteiger charge is 2.16. The van der Waals surface area contributed by atoms with Crippen molar-refractivity contribution in [2.24, 2.45) is 0 Å². The van der Waals surface area contributed by atoms with Crippen LogP contribution in [0.4, 0.5) is 10.2 Å². The predicted octanol–water partition coefficient (Wildman–Crippen LogP) is 3.47. The maximum Gasteiger partial charge on any atom is 0.224 e. The summed E-state index contributed by atoms with van der Waals surface area (Å²) in [6, 6.07) is 8.30. The molecule has 1 aromatic carbocycles. The summed E-state index contributed by atoms with van der Waals surface area (Å²) in [5.74, 6) is 0.433. The van der Waals surface area contributed by atoms with Gasteiger partial charge in [-0.25, -0.2) is 14.4 Å². The largest absolute Gasteiger partial charge is 0.353 e. The van der Waals surface area contributed by atoms with Gasteiger partial charge in [0.05, 0.1) is 6.04 Å². The van der Waals surface area contributed by atoms with Crippen molar-refractivity contribution in [1.82, 2.24) is 9.97 Å². The summed E-state index contributed by atoms with van der Waals surface area (Å²) in [6.45, 7) is 1.91. The first-order valence-electron chi connectivity index (χ1n) is 5.55. The van der Waals surface area contributed by atoms with Gasteiger partial charge in [-0.1, -0.05) is 18.2 Å². The molecular formula is C13H13ClFN3. The summed E-state index contributed by atoms with van der Waals surface area (Å²) in [7, 11) is 1.84. The Kier molecular flexibility index (Phi) is 3.77. The van der Waals surface area contributed by atoms with Crippen LogP contribution >= 0.6 is 11.6 Å². The smallest absolute Gasteiger partial charge is 0.224 e. The molecule has 0 bridgehead atoms. The van der Waals surface area contributed by atoms with Gasteiger partial charge < -0.3 is 4.90 Å². The normalized spacial score (nSPS) is 12.2. The van der Waals surface area contributed by atoms with Crippen molar-refractivity contribution in [3.8, 4) is 0 Å². The Bertz CT molecular complexity index is 547. The topological polar surface area (TPSA) is 29.0 Å². The van der Waals surface area contributed by atoms with E-state index >= 15 is 0 Å². The van der Waals surface area contributed by atoms with Gasteiger partial charge in [0, 0.05) is 18.8 Å². The molecule has 0 saturated carbocycles. The Hall–Kier alpha value is -1.68. The van der Waals surface area contributed by atoms with Crippen molar-refractivity contribution >= 4 is 17.4 Å². The van der Waals surface area contributed by atoms with Gasteiger partial charge in [-0.2, -0.15) is 0 Å². The van der Waals surface area contributed by atoms with Crippen LogP contribution in [0.3, 0.4) is 0 Å². The number of nitrogens with zero attached hydrogens (tertiary/aromatic N) is 3. The number of benzene rings is 1. The minimum Gasteiger partial charge on any atom is -0.353 e. The van der Waals surface area contributed by atoms with Crippen LogP contribution in [0.1, 0.15) is 18.5 Å². The lowest BCUT2D eigenvalue weighted by molar-refractivity contribution is 0.584. The minimum absolute atomic E-state index is 0.142. The second kappa shape index (κ2) is 5.31. The fraction of sp³-hybridized carbons (Fsp3) is 0.231. The third-order valence-electron chi connectivity index (χ3n) is 2.91. The lowest BCUT2D eigenvalue weighted by Crippen LogP contribution is -2.23. The van der Waals surface area contributed by atoms with E-state index in [2.05, 4.69) is 9.97 Å². The van der Waals surface area contributed by atoms with Crippen molar-refractivity contribution < 1.29 is 4.39 Å². The van der Waals surface area contributed by atoms with Gasteiger partial charge in [0.15, 0.2) is 0 Å². The van der Waals surface area contributed by atoms with Gasteiger partial charge >= 0.3 is 0 Å². The number of rotatable bonds is 3. The summed E-state index contributed by atoms with van der Waals surface area (Å²) < 4.78 is 13.7. The van der Waals surface area contributed by atoms with Gasteiger partial charge in [0.2, 0.25) is 5.28 Å². The summed E-state index contributed by atoms with van der Waals surface area (Å²) in [5, 5.41) is 0.181. The molecule has 1 aromatic heterocycles. The van der Waals surface area contributed by atoms with Crippen LogP contribution in [0.25, 0.3) is 0 Å². The standard InChI is InChI=1S/C13H13ClFN3/c1-9(10-5-3-4-6-11(10)15)18(2)12-7-8-16-13(14)17-12/h3-9H,1-2H3. The monoisotopic (exact) mass is 265 g/mol. The Labute approximate surface area is 110 Å². The summed E-state index contributed by atoms with van der Waals surface area (Å²) >= 11 is 5.75. The zero-order valence-electron chi connectivity index (χ0n) is 10.1. The van der Waals surface area contributed by atoms with Crippen LogP contribution in [0.2, 0.25) is 5.28 Å². The number of hydrogen-bond donors (Lipinski definition) is 0. The molecule has 0 aliphatic carbocycles. The second-order valence-electron chi connectivity index (χ2n) is 3.99. The Balaban J connectivity index is 2.29. The van der Waals surface area contributed by atoms with Crippen LogP contribution in [0, 0.1) is 5.82 Å². The van der Waals surface area contributed by atoms with Crippen molar-refractivity contribution in [2.75, 3.05) is 11.9 Å². The van der Waals surface area contributed by atoms with Gasteiger partial charge in [-0.15, -0.1) is 0 Å². The van der Waals surface area contributed by atoms with E-state index in [-0.39, 0.29) is 17.1 Å². The Morgan fingerprint density at radius 1 is 1.28 bits per heavy atom. The predicted molar refractivity (Wildman–Crippen MR) is 70.3 cm³/mol. The average Bonchev–Trinajstić information content (AvgIpc) is 2.37. The molecule has 0 saturated heterocycles. The number of aromatic nitrogens is 2. The molecule has 0 spiro atoms. The molecule has 94 valence electrons. The van der Waals surface area contributed by atoms with Crippen LogP contribution < -0.4 is 4.90 Å². The molecule has 3 nitrogen and oxygen atoms in total. The minimum atomic E-state index is -0.225. The SMILES string of the molecule is CC(c1ccccc1F)N(C)c1ccnc(Cl)n1. The molecule has 0 amide bonds. The first kappa shape index (κ1) is 12.8. The van der Waals surface area contributed by atoms with E-state index in [1.54, 1.807) is 24.4 Å². The molecule has 2 aromatic rings. The molecule has 18 heavy (non-hydrogen) atoms. The second-order valence-corrected chi connectivity index (χ2v) is 4.33. The van der Waals surface area contributed by atoms with Crippen LogP contribution in [-0.2, 0) is 0 Å². The Morgan fingerprint density at radius 2 is 2.00 bits per heavy atom. The molecule has 1 heterocycles. The molecule has 1 unspecified atom stereocenters.